The maximum Gasteiger partial charge on any atom is 0.310 e. The first kappa shape index (κ1) is 16.2. The van der Waals surface area contributed by atoms with Gasteiger partial charge in [-0.2, -0.15) is 0 Å². The van der Waals surface area contributed by atoms with Gasteiger partial charge in [0.1, 0.15) is 5.60 Å². The van der Waals surface area contributed by atoms with Crippen LogP contribution in [0.5, 0.6) is 0 Å². The lowest BCUT2D eigenvalue weighted by molar-refractivity contribution is -0.159. The fraction of sp³-hybridized carbons (Fsp3) is 0.900. The van der Waals surface area contributed by atoms with Crippen LogP contribution in [0, 0.1) is 5.92 Å². The number of carbonyl (C=O) groups is 1. The number of ether oxygens (including phenoxy) is 1. The van der Waals surface area contributed by atoms with Gasteiger partial charge >= 0.3 is 5.97 Å². The molecule has 0 saturated carbocycles. The second-order valence-corrected chi connectivity index (χ2v) is 4.25. The van der Waals surface area contributed by atoms with Crippen LogP contribution in [0.3, 0.4) is 0 Å². The summed E-state index contributed by atoms with van der Waals surface area (Å²) < 4.78 is 5.22. The molecule has 0 aromatic heterocycles. The summed E-state index contributed by atoms with van der Waals surface area (Å²) in [5, 5.41) is 0. The predicted molar refractivity (Wildman–Crippen MR) is 60.5 cm³/mol. The van der Waals surface area contributed by atoms with Gasteiger partial charge in [-0.15, -0.1) is 12.4 Å². The van der Waals surface area contributed by atoms with E-state index in [-0.39, 0.29) is 24.3 Å². The van der Waals surface area contributed by atoms with Crippen molar-refractivity contribution in [1.29, 1.82) is 0 Å². The highest BCUT2D eigenvalue weighted by Gasteiger charge is 2.22. The molecule has 2 N–H and O–H groups in total. The molecule has 0 aliphatic rings. The van der Waals surface area contributed by atoms with Crippen molar-refractivity contribution < 1.29 is 9.53 Å². The number of nitrogens with two attached hydrogens (primary N) is 1. The fourth-order valence-corrected chi connectivity index (χ4v) is 1.07. The maximum atomic E-state index is 11.5. The lowest BCUT2D eigenvalue weighted by Gasteiger charge is -2.23. The first-order chi connectivity index (χ1) is 5.90. The SMILES string of the molecule is CCCC(CN)C(=O)OC(C)(C)C.Cl. The van der Waals surface area contributed by atoms with Gasteiger partial charge in [-0.1, -0.05) is 13.3 Å². The van der Waals surface area contributed by atoms with Gasteiger partial charge in [0.25, 0.3) is 0 Å². The number of hydrogen-bond donors (Lipinski definition) is 1. The Bertz CT molecular complexity index is 166. The minimum absolute atomic E-state index is 0. The molecular formula is C10H22ClNO2. The smallest absolute Gasteiger partial charge is 0.310 e. The molecule has 3 nitrogen and oxygen atoms in total. The fourth-order valence-electron chi connectivity index (χ4n) is 1.07. The number of rotatable bonds is 4. The highest BCUT2D eigenvalue weighted by Crippen LogP contribution is 2.13. The van der Waals surface area contributed by atoms with Crippen LogP contribution in [0.15, 0.2) is 0 Å². The van der Waals surface area contributed by atoms with E-state index in [1.54, 1.807) is 0 Å². The third-order valence-electron chi connectivity index (χ3n) is 1.66. The van der Waals surface area contributed by atoms with Gasteiger partial charge < -0.3 is 10.5 Å². The average molecular weight is 224 g/mol. The molecule has 1 atom stereocenters. The highest BCUT2D eigenvalue weighted by atomic mass is 35.5. The predicted octanol–water partition coefficient (Wildman–Crippen LogP) is 2.12. The topological polar surface area (TPSA) is 52.3 Å². The lowest BCUT2D eigenvalue weighted by Crippen LogP contribution is -2.32. The summed E-state index contributed by atoms with van der Waals surface area (Å²) in [6.45, 7) is 8.01. The maximum absolute atomic E-state index is 11.5. The van der Waals surface area contributed by atoms with Crippen LogP contribution in [0.1, 0.15) is 40.5 Å². The normalized spacial score (nSPS) is 12.9. The summed E-state index contributed by atoms with van der Waals surface area (Å²) in [5.74, 6) is -0.305. The zero-order valence-electron chi connectivity index (χ0n) is 9.50. The van der Waals surface area contributed by atoms with Gasteiger partial charge in [0, 0.05) is 6.54 Å². The van der Waals surface area contributed by atoms with E-state index in [0.717, 1.165) is 12.8 Å². The molecule has 0 fully saturated rings. The first-order valence-electron chi connectivity index (χ1n) is 4.83. The van der Waals surface area contributed by atoms with Gasteiger partial charge in [-0.05, 0) is 27.2 Å². The molecule has 4 heteroatoms. The van der Waals surface area contributed by atoms with Crippen LogP contribution in [-0.2, 0) is 9.53 Å². The summed E-state index contributed by atoms with van der Waals surface area (Å²) in [6, 6.07) is 0. The Hall–Kier alpha value is -0.280. The minimum atomic E-state index is -0.405. The van der Waals surface area contributed by atoms with Gasteiger partial charge in [0.2, 0.25) is 0 Å². The monoisotopic (exact) mass is 223 g/mol. The Balaban J connectivity index is 0. The average Bonchev–Trinajstić information content (AvgIpc) is 1.96. The standard InChI is InChI=1S/C10H21NO2.ClH/c1-5-6-8(7-11)9(12)13-10(2,3)4;/h8H,5-7,11H2,1-4H3;1H. The first-order valence-corrected chi connectivity index (χ1v) is 4.83. The van der Waals surface area contributed by atoms with Crippen LogP contribution < -0.4 is 5.73 Å². The second kappa shape index (κ2) is 7.07. The molecule has 0 heterocycles. The Kier molecular flexibility index (Phi) is 8.16. The minimum Gasteiger partial charge on any atom is -0.460 e. The van der Waals surface area contributed by atoms with E-state index in [0.29, 0.717) is 6.54 Å². The van der Waals surface area contributed by atoms with E-state index < -0.39 is 5.60 Å². The largest absolute Gasteiger partial charge is 0.460 e. The summed E-state index contributed by atoms with van der Waals surface area (Å²) in [5.41, 5.74) is 5.07. The van der Waals surface area contributed by atoms with Crippen LogP contribution in [0.25, 0.3) is 0 Å². The lowest BCUT2D eigenvalue weighted by atomic mass is 10.0. The van der Waals surface area contributed by atoms with E-state index in [4.69, 9.17) is 10.5 Å². The molecule has 0 aromatic carbocycles. The third kappa shape index (κ3) is 7.15. The van der Waals surface area contributed by atoms with E-state index in [2.05, 4.69) is 0 Å². The van der Waals surface area contributed by atoms with Crippen molar-refractivity contribution in [2.24, 2.45) is 11.7 Å². The van der Waals surface area contributed by atoms with E-state index in [1.807, 2.05) is 27.7 Å². The zero-order valence-corrected chi connectivity index (χ0v) is 10.3. The second-order valence-electron chi connectivity index (χ2n) is 4.25. The molecule has 0 amide bonds. The molecule has 0 rings (SSSR count). The third-order valence-corrected chi connectivity index (χ3v) is 1.66. The van der Waals surface area contributed by atoms with Crippen molar-refractivity contribution in [2.45, 2.75) is 46.1 Å². The molecule has 86 valence electrons. The molecule has 0 radical (unpaired) electrons. The summed E-state index contributed by atoms with van der Waals surface area (Å²) >= 11 is 0. The number of carbonyl (C=O) groups excluding carboxylic acids is 1. The van der Waals surface area contributed by atoms with E-state index in [1.165, 1.54) is 0 Å². The molecule has 1 unspecified atom stereocenters. The van der Waals surface area contributed by atoms with Crippen molar-refractivity contribution in [3.63, 3.8) is 0 Å². The zero-order chi connectivity index (χ0) is 10.5. The number of hydrogen-bond acceptors (Lipinski definition) is 3. The van der Waals surface area contributed by atoms with E-state index in [9.17, 15) is 4.79 Å². The summed E-state index contributed by atoms with van der Waals surface area (Å²) in [4.78, 5) is 11.5. The van der Waals surface area contributed by atoms with Crippen LogP contribution >= 0.6 is 12.4 Å². The van der Waals surface area contributed by atoms with Crippen LogP contribution in [-0.4, -0.2) is 18.1 Å². The van der Waals surface area contributed by atoms with Crippen molar-refractivity contribution >= 4 is 18.4 Å². The molecule has 14 heavy (non-hydrogen) atoms. The van der Waals surface area contributed by atoms with Gasteiger partial charge in [0.15, 0.2) is 0 Å². The molecule has 0 aliphatic heterocycles. The van der Waals surface area contributed by atoms with Crippen molar-refractivity contribution in [2.75, 3.05) is 6.54 Å². The molecular weight excluding hydrogens is 202 g/mol. The molecule has 0 bridgehead atoms. The molecule has 0 aromatic rings. The molecule has 0 spiro atoms. The van der Waals surface area contributed by atoms with Crippen molar-refractivity contribution in [1.82, 2.24) is 0 Å². The summed E-state index contributed by atoms with van der Waals surface area (Å²) in [6.07, 6.45) is 1.77. The quantitative estimate of drug-likeness (QED) is 0.743. The number of halogens is 1. The molecule has 0 saturated heterocycles. The molecule has 0 aliphatic carbocycles. The van der Waals surface area contributed by atoms with E-state index >= 15 is 0 Å². The van der Waals surface area contributed by atoms with Gasteiger partial charge in [-0.25, -0.2) is 0 Å². The van der Waals surface area contributed by atoms with Crippen molar-refractivity contribution in [3.05, 3.63) is 0 Å². The van der Waals surface area contributed by atoms with Crippen LogP contribution in [0.4, 0.5) is 0 Å². The highest BCUT2D eigenvalue weighted by molar-refractivity contribution is 5.85. The number of esters is 1. The van der Waals surface area contributed by atoms with Crippen molar-refractivity contribution in [3.8, 4) is 0 Å². The Labute approximate surface area is 92.8 Å². The Morgan fingerprint density at radius 3 is 2.21 bits per heavy atom. The van der Waals surface area contributed by atoms with Gasteiger partial charge in [0.05, 0.1) is 5.92 Å². The Morgan fingerprint density at radius 2 is 1.93 bits per heavy atom. The van der Waals surface area contributed by atoms with Crippen LogP contribution in [0.2, 0.25) is 0 Å². The Morgan fingerprint density at radius 1 is 1.43 bits per heavy atom. The summed E-state index contributed by atoms with van der Waals surface area (Å²) in [7, 11) is 0. The van der Waals surface area contributed by atoms with Gasteiger partial charge in [-0.3, -0.25) is 4.79 Å².